The Morgan fingerprint density at radius 1 is 1.78 bits per heavy atom. The van der Waals surface area contributed by atoms with E-state index in [-0.39, 0.29) is 0 Å². The first-order chi connectivity index (χ1) is 4.36. The molecule has 9 heavy (non-hydrogen) atoms. The minimum atomic E-state index is 0.495. The summed E-state index contributed by atoms with van der Waals surface area (Å²) in [7, 11) is 0. The molecule has 0 saturated carbocycles. The maximum absolute atomic E-state index is 5.26. The van der Waals surface area contributed by atoms with Crippen LogP contribution in [0.1, 0.15) is 19.8 Å². The van der Waals surface area contributed by atoms with Crippen LogP contribution in [-0.4, -0.2) is 12.6 Å². The van der Waals surface area contributed by atoms with Gasteiger partial charge >= 0.3 is 0 Å². The van der Waals surface area contributed by atoms with Crippen molar-refractivity contribution in [3.8, 4) is 12.3 Å². The molecule has 0 spiro atoms. The third-order valence-corrected chi connectivity index (χ3v) is 1.95. The van der Waals surface area contributed by atoms with Crippen LogP contribution >= 0.6 is 0 Å². The molecule has 0 aliphatic carbocycles. The molecule has 1 heteroatoms. The lowest BCUT2D eigenvalue weighted by atomic mass is 10.1. The van der Waals surface area contributed by atoms with Crippen molar-refractivity contribution in [1.82, 2.24) is 5.32 Å². The summed E-state index contributed by atoms with van der Waals surface area (Å²) >= 11 is 0. The fourth-order valence-corrected chi connectivity index (χ4v) is 1.26. The molecular formula is C8H13N. The first-order valence-corrected chi connectivity index (χ1v) is 3.56. The Morgan fingerprint density at radius 2 is 2.56 bits per heavy atom. The topological polar surface area (TPSA) is 12.0 Å². The van der Waals surface area contributed by atoms with Crippen LogP contribution in [-0.2, 0) is 0 Å². The van der Waals surface area contributed by atoms with E-state index in [4.69, 9.17) is 6.42 Å². The molecule has 2 atom stereocenters. The van der Waals surface area contributed by atoms with Crippen molar-refractivity contribution in [2.24, 2.45) is 5.92 Å². The predicted octanol–water partition coefficient (Wildman–Crippen LogP) is 1.01. The van der Waals surface area contributed by atoms with Gasteiger partial charge in [0.2, 0.25) is 0 Å². The van der Waals surface area contributed by atoms with Gasteiger partial charge in [0.05, 0.1) is 0 Å². The van der Waals surface area contributed by atoms with Crippen LogP contribution in [0, 0.1) is 18.3 Å². The standard InChI is InChI=1S/C8H13N/c1-3-7-5-8(4-2)9-6-7/h1,7-9H,4-6H2,2H3/t7-,8+/m0/s1. The summed E-state index contributed by atoms with van der Waals surface area (Å²) in [5.41, 5.74) is 0. The number of nitrogens with one attached hydrogen (secondary N) is 1. The van der Waals surface area contributed by atoms with Crippen LogP contribution in [0.25, 0.3) is 0 Å². The lowest BCUT2D eigenvalue weighted by Crippen LogP contribution is -2.19. The molecule has 1 fully saturated rings. The lowest BCUT2D eigenvalue weighted by Gasteiger charge is -2.02. The van der Waals surface area contributed by atoms with E-state index in [2.05, 4.69) is 18.2 Å². The molecule has 1 aliphatic heterocycles. The summed E-state index contributed by atoms with van der Waals surface area (Å²) < 4.78 is 0. The molecule has 1 aliphatic rings. The van der Waals surface area contributed by atoms with E-state index in [1.807, 2.05) is 0 Å². The molecule has 1 N–H and O–H groups in total. The van der Waals surface area contributed by atoms with Gasteiger partial charge in [-0.1, -0.05) is 6.92 Å². The Morgan fingerprint density at radius 3 is 2.89 bits per heavy atom. The Hall–Kier alpha value is -0.480. The Kier molecular flexibility index (Phi) is 2.13. The molecule has 1 saturated heterocycles. The van der Waals surface area contributed by atoms with Crippen LogP contribution in [0.15, 0.2) is 0 Å². The first-order valence-electron chi connectivity index (χ1n) is 3.56. The summed E-state index contributed by atoms with van der Waals surface area (Å²) in [4.78, 5) is 0. The van der Waals surface area contributed by atoms with Gasteiger partial charge in [-0.2, -0.15) is 0 Å². The van der Waals surface area contributed by atoms with Crippen LogP contribution in [0.2, 0.25) is 0 Å². The van der Waals surface area contributed by atoms with Crippen LogP contribution < -0.4 is 5.32 Å². The molecule has 50 valence electrons. The summed E-state index contributed by atoms with van der Waals surface area (Å²) in [6, 6.07) is 0.686. The van der Waals surface area contributed by atoms with Gasteiger partial charge in [0.15, 0.2) is 0 Å². The Labute approximate surface area is 56.8 Å². The molecule has 0 aromatic rings. The molecule has 0 bridgehead atoms. The maximum atomic E-state index is 5.26. The zero-order valence-corrected chi connectivity index (χ0v) is 5.85. The highest BCUT2D eigenvalue weighted by Gasteiger charge is 2.19. The second-order valence-electron chi connectivity index (χ2n) is 2.61. The second-order valence-corrected chi connectivity index (χ2v) is 2.61. The van der Waals surface area contributed by atoms with Crippen molar-refractivity contribution in [2.75, 3.05) is 6.54 Å². The molecule has 1 nitrogen and oxygen atoms in total. The number of hydrogen-bond acceptors (Lipinski definition) is 1. The average Bonchev–Trinajstić information content (AvgIpc) is 2.34. The van der Waals surface area contributed by atoms with E-state index >= 15 is 0 Å². The third kappa shape index (κ3) is 1.46. The van der Waals surface area contributed by atoms with Crippen molar-refractivity contribution in [2.45, 2.75) is 25.8 Å². The zero-order chi connectivity index (χ0) is 6.69. The van der Waals surface area contributed by atoms with E-state index in [1.165, 1.54) is 12.8 Å². The second kappa shape index (κ2) is 2.89. The highest BCUT2D eigenvalue weighted by atomic mass is 14.9. The zero-order valence-electron chi connectivity index (χ0n) is 5.85. The third-order valence-electron chi connectivity index (χ3n) is 1.95. The number of terminal acetylenes is 1. The maximum Gasteiger partial charge on any atom is 0.0339 e. The van der Waals surface area contributed by atoms with Crippen LogP contribution in [0.3, 0.4) is 0 Å². The average molecular weight is 123 g/mol. The van der Waals surface area contributed by atoms with Crippen molar-refractivity contribution in [3.05, 3.63) is 0 Å². The van der Waals surface area contributed by atoms with Gasteiger partial charge in [-0.3, -0.25) is 0 Å². The van der Waals surface area contributed by atoms with Gasteiger partial charge in [0, 0.05) is 18.5 Å². The molecule has 0 unspecified atom stereocenters. The summed E-state index contributed by atoms with van der Waals surface area (Å²) in [6.07, 6.45) is 7.64. The minimum Gasteiger partial charge on any atom is -0.313 e. The molecule has 1 rings (SSSR count). The fourth-order valence-electron chi connectivity index (χ4n) is 1.26. The SMILES string of the molecule is C#C[C@@H]1CN[C@H](CC)C1. The molecule has 1 heterocycles. The molecule has 0 aromatic carbocycles. The van der Waals surface area contributed by atoms with Gasteiger partial charge in [-0.25, -0.2) is 0 Å². The lowest BCUT2D eigenvalue weighted by molar-refractivity contribution is 0.581. The highest BCUT2D eigenvalue weighted by molar-refractivity contribution is 4.99. The van der Waals surface area contributed by atoms with E-state index in [1.54, 1.807) is 0 Å². The smallest absolute Gasteiger partial charge is 0.0339 e. The molecule has 0 aromatic heterocycles. The first kappa shape index (κ1) is 6.64. The van der Waals surface area contributed by atoms with Crippen molar-refractivity contribution >= 4 is 0 Å². The highest BCUT2D eigenvalue weighted by Crippen LogP contribution is 2.14. The van der Waals surface area contributed by atoms with Crippen molar-refractivity contribution < 1.29 is 0 Å². The largest absolute Gasteiger partial charge is 0.313 e. The summed E-state index contributed by atoms with van der Waals surface area (Å²) in [5, 5.41) is 3.36. The van der Waals surface area contributed by atoms with Crippen molar-refractivity contribution in [3.63, 3.8) is 0 Å². The van der Waals surface area contributed by atoms with Crippen LogP contribution in [0.4, 0.5) is 0 Å². The normalized spacial score (nSPS) is 34.2. The molecule has 0 amide bonds. The Balaban J connectivity index is 2.31. The van der Waals surface area contributed by atoms with Gasteiger partial charge in [0.25, 0.3) is 0 Å². The summed E-state index contributed by atoms with van der Waals surface area (Å²) in [5.74, 6) is 3.26. The molecule has 0 radical (unpaired) electrons. The number of hydrogen-bond donors (Lipinski definition) is 1. The fraction of sp³-hybridized carbons (Fsp3) is 0.750. The van der Waals surface area contributed by atoms with E-state index < -0.39 is 0 Å². The quantitative estimate of drug-likeness (QED) is 0.513. The monoisotopic (exact) mass is 123 g/mol. The Bertz CT molecular complexity index is 123. The number of rotatable bonds is 1. The van der Waals surface area contributed by atoms with Gasteiger partial charge in [-0.05, 0) is 12.8 Å². The minimum absolute atomic E-state index is 0.495. The van der Waals surface area contributed by atoms with E-state index in [0.29, 0.717) is 12.0 Å². The van der Waals surface area contributed by atoms with E-state index in [0.717, 1.165) is 6.54 Å². The van der Waals surface area contributed by atoms with Crippen LogP contribution in [0.5, 0.6) is 0 Å². The van der Waals surface area contributed by atoms with Crippen molar-refractivity contribution in [1.29, 1.82) is 0 Å². The molecular weight excluding hydrogens is 110 g/mol. The van der Waals surface area contributed by atoms with Gasteiger partial charge in [0.1, 0.15) is 0 Å². The van der Waals surface area contributed by atoms with Gasteiger partial charge in [-0.15, -0.1) is 12.3 Å². The van der Waals surface area contributed by atoms with E-state index in [9.17, 15) is 0 Å². The predicted molar refractivity (Wildman–Crippen MR) is 39.0 cm³/mol. The van der Waals surface area contributed by atoms with Gasteiger partial charge < -0.3 is 5.32 Å². The summed E-state index contributed by atoms with van der Waals surface area (Å²) in [6.45, 7) is 3.21.